The summed E-state index contributed by atoms with van der Waals surface area (Å²) in [4.78, 5) is 23.9. The summed E-state index contributed by atoms with van der Waals surface area (Å²) in [6.45, 7) is 2.15. The Labute approximate surface area is 157 Å². The zero-order valence-corrected chi connectivity index (χ0v) is 15.6. The number of hydrogen-bond donors (Lipinski definition) is 2. The number of carbonyl (C=O) groups is 2. The van der Waals surface area contributed by atoms with Crippen molar-refractivity contribution in [3.05, 3.63) is 52.5 Å². The first-order valence-corrected chi connectivity index (χ1v) is 8.34. The van der Waals surface area contributed by atoms with Crippen molar-refractivity contribution in [3.8, 4) is 11.5 Å². The summed E-state index contributed by atoms with van der Waals surface area (Å²) in [7, 11) is 3.10. The lowest BCUT2D eigenvalue weighted by Gasteiger charge is -2.10. The van der Waals surface area contributed by atoms with Crippen LogP contribution < -0.4 is 20.1 Å². The molecule has 0 aliphatic carbocycles. The summed E-state index contributed by atoms with van der Waals surface area (Å²) in [5.41, 5.74) is 2.30. The van der Waals surface area contributed by atoms with Gasteiger partial charge in [0.1, 0.15) is 6.42 Å². The average molecular weight is 377 g/mol. The number of hydrogen-bond acceptors (Lipinski definition) is 4. The van der Waals surface area contributed by atoms with Crippen molar-refractivity contribution in [1.82, 2.24) is 5.32 Å². The van der Waals surface area contributed by atoms with E-state index in [1.165, 1.54) is 0 Å². The molecule has 0 fully saturated rings. The monoisotopic (exact) mass is 376 g/mol. The van der Waals surface area contributed by atoms with Crippen LogP contribution in [0, 0.1) is 6.92 Å². The van der Waals surface area contributed by atoms with Gasteiger partial charge in [-0.1, -0.05) is 23.7 Å². The van der Waals surface area contributed by atoms with E-state index < -0.39 is 5.91 Å². The van der Waals surface area contributed by atoms with Crippen LogP contribution in [0.1, 0.15) is 17.5 Å². The highest BCUT2D eigenvalue weighted by molar-refractivity contribution is 6.31. The van der Waals surface area contributed by atoms with Gasteiger partial charge in [-0.05, 0) is 42.3 Å². The summed E-state index contributed by atoms with van der Waals surface area (Å²) in [6.07, 6.45) is -0.279. The Hall–Kier alpha value is -2.73. The zero-order chi connectivity index (χ0) is 19.1. The zero-order valence-electron chi connectivity index (χ0n) is 14.9. The van der Waals surface area contributed by atoms with Crippen LogP contribution in [0.5, 0.6) is 11.5 Å². The molecule has 2 aromatic rings. The molecule has 2 rings (SSSR count). The minimum atomic E-state index is -0.408. The summed E-state index contributed by atoms with van der Waals surface area (Å²) in [6, 6.07) is 10.5. The molecule has 26 heavy (non-hydrogen) atoms. The molecule has 0 heterocycles. The van der Waals surface area contributed by atoms with Crippen molar-refractivity contribution in [1.29, 1.82) is 0 Å². The molecular formula is C19H21ClN2O4. The van der Waals surface area contributed by atoms with Gasteiger partial charge in [0.15, 0.2) is 11.5 Å². The lowest BCUT2D eigenvalue weighted by atomic mass is 10.2. The normalized spacial score (nSPS) is 10.2. The highest BCUT2D eigenvalue weighted by Crippen LogP contribution is 2.27. The number of amides is 2. The van der Waals surface area contributed by atoms with Gasteiger partial charge in [-0.15, -0.1) is 0 Å². The topological polar surface area (TPSA) is 76.7 Å². The van der Waals surface area contributed by atoms with Crippen LogP contribution in [0.25, 0.3) is 0 Å². The Morgan fingerprint density at radius 1 is 1.00 bits per heavy atom. The fourth-order valence-electron chi connectivity index (χ4n) is 2.28. The Kier molecular flexibility index (Phi) is 6.86. The van der Waals surface area contributed by atoms with Crippen LogP contribution in [0.2, 0.25) is 5.02 Å². The van der Waals surface area contributed by atoms with Crippen LogP contribution in [-0.4, -0.2) is 26.0 Å². The van der Waals surface area contributed by atoms with E-state index >= 15 is 0 Å². The van der Waals surface area contributed by atoms with Crippen LogP contribution in [-0.2, 0) is 16.1 Å². The van der Waals surface area contributed by atoms with E-state index in [-0.39, 0.29) is 18.9 Å². The maximum Gasteiger partial charge on any atom is 0.233 e. The van der Waals surface area contributed by atoms with E-state index in [1.807, 2.05) is 13.0 Å². The number of benzene rings is 2. The number of nitrogens with one attached hydrogen (secondary N) is 2. The molecule has 0 aromatic heterocycles. The van der Waals surface area contributed by atoms with Crippen LogP contribution in [0.15, 0.2) is 36.4 Å². The third kappa shape index (κ3) is 5.39. The van der Waals surface area contributed by atoms with Gasteiger partial charge >= 0.3 is 0 Å². The van der Waals surface area contributed by atoms with E-state index in [0.29, 0.717) is 22.2 Å². The first-order valence-electron chi connectivity index (χ1n) is 7.96. The second-order valence-corrected chi connectivity index (χ2v) is 6.06. The second kappa shape index (κ2) is 9.10. The summed E-state index contributed by atoms with van der Waals surface area (Å²) in [5, 5.41) is 5.91. The summed E-state index contributed by atoms with van der Waals surface area (Å²) >= 11 is 6.02. The molecule has 0 spiro atoms. The minimum Gasteiger partial charge on any atom is -0.493 e. The Balaban J connectivity index is 1.86. The number of methoxy groups -OCH3 is 2. The van der Waals surface area contributed by atoms with Gasteiger partial charge in [-0.2, -0.15) is 0 Å². The molecule has 2 amide bonds. The SMILES string of the molecule is COc1ccc(CNC(=O)CC(=O)Nc2ccc(C)c(Cl)c2)cc1OC. The Morgan fingerprint density at radius 2 is 1.73 bits per heavy atom. The smallest absolute Gasteiger partial charge is 0.233 e. The van der Waals surface area contributed by atoms with E-state index in [9.17, 15) is 9.59 Å². The van der Waals surface area contributed by atoms with E-state index in [4.69, 9.17) is 21.1 Å². The van der Waals surface area contributed by atoms with Crippen LogP contribution in [0.4, 0.5) is 5.69 Å². The third-order valence-corrected chi connectivity index (χ3v) is 4.12. The van der Waals surface area contributed by atoms with Crippen molar-refractivity contribution in [2.24, 2.45) is 0 Å². The van der Waals surface area contributed by atoms with Crippen LogP contribution >= 0.6 is 11.6 Å². The van der Waals surface area contributed by atoms with Crippen molar-refractivity contribution in [2.75, 3.05) is 19.5 Å². The number of anilines is 1. The molecule has 0 atom stereocenters. The van der Waals surface area contributed by atoms with Crippen molar-refractivity contribution < 1.29 is 19.1 Å². The Bertz CT molecular complexity index is 808. The summed E-state index contributed by atoms with van der Waals surface area (Å²) in [5.74, 6) is 0.400. The number of carbonyl (C=O) groups excluding carboxylic acids is 2. The molecule has 0 aliphatic rings. The molecule has 0 bridgehead atoms. The van der Waals surface area contributed by atoms with Crippen molar-refractivity contribution >= 4 is 29.1 Å². The van der Waals surface area contributed by atoms with Gasteiger partial charge in [0, 0.05) is 17.3 Å². The molecule has 0 saturated heterocycles. The molecule has 0 aliphatic heterocycles. The molecule has 138 valence electrons. The number of rotatable bonds is 7. The lowest BCUT2D eigenvalue weighted by Crippen LogP contribution is -2.27. The van der Waals surface area contributed by atoms with Gasteiger partial charge in [-0.3, -0.25) is 9.59 Å². The number of ether oxygens (including phenoxy) is 2. The minimum absolute atomic E-state index is 0.279. The fourth-order valence-corrected chi connectivity index (χ4v) is 2.46. The molecule has 0 saturated carbocycles. The van der Waals surface area contributed by atoms with E-state index in [0.717, 1.165) is 11.1 Å². The first kappa shape index (κ1) is 19.6. The third-order valence-electron chi connectivity index (χ3n) is 3.71. The standard InChI is InChI=1S/C19H21ClN2O4/c1-12-4-6-14(9-15(12)20)22-19(24)10-18(23)21-11-13-5-7-16(25-2)17(8-13)26-3/h4-9H,10-11H2,1-3H3,(H,21,23)(H,22,24). The molecule has 0 radical (unpaired) electrons. The van der Waals surface area contributed by atoms with E-state index in [1.54, 1.807) is 44.6 Å². The fraction of sp³-hybridized carbons (Fsp3) is 0.263. The van der Waals surface area contributed by atoms with Gasteiger partial charge < -0.3 is 20.1 Å². The molecule has 7 heteroatoms. The maximum atomic E-state index is 12.0. The first-order chi connectivity index (χ1) is 12.4. The molecule has 2 N–H and O–H groups in total. The average Bonchev–Trinajstić information content (AvgIpc) is 2.62. The second-order valence-electron chi connectivity index (χ2n) is 5.65. The molecule has 6 nitrogen and oxygen atoms in total. The van der Waals surface area contributed by atoms with Gasteiger partial charge in [-0.25, -0.2) is 0 Å². The van der Waals surface area contributed by atoms with Gasteiger partial charge in [0.25, 0.3) is 0 Å². The van der Waals surface area contributed by atoms with Crippen molar-refractivity contribution in [3.63, 3.8) is 0 Å². The van der Waals surface area contributed by atoms with Crippen molar-refractivity contribution in [2.45, 2.75) is 19.9 Å². The Morgan fingerprint density at radius 3 is 2.38 bits per heavy atom. The molecule has 0 unspecified atom stereocenters. The largest absolute Gasteiger partial charge is 0.493 e. The molecular weight excluding hydrogens is 356 g/mol. The maximum absolute atomic E-state index is 12.0. The quantitative estimate of drug-likeness (QED) is 0.727. The number of aryl methyl sites for hydroxylation is 1. The van der Waals surface area contributed by atoms with E-state index in [2.05, 4.69) is 10.6 Å². The van der Waals surface area contributed by atoms with Gasteiger partial charge in [0.05, 0.1) is 14.2 Å². The number of halogens is 1. The highest BCUT2D eigenvalue weighted by atomic mass is 35.5. The van der Waals surface area contributed by atoms with Crippen LogP contribution in [0.3, 0.4) is 0 Å². The predicted molar refractivity (Wildman–Crippen MR) is 101 cm³/mol. The lowest BCUT2D eigenvalue weighted by molar-refractivity contribution is -0.126. The summed E-state index contributed by atoms with van der Waals surface area (Å²) < 4.78 is 10.4. The molecule has 2 aromatic carbocycles. The highest BCUT2D eigenvalue weighted by Gasteiger charge is 2.11. The predicted octanol–water partition coefficient (Wildman–Crippen LogP) is 3.31. The van der Waals surface area contributed by atoms with Gasteiger partial charge in [0.2, 0.25) is 11.8 Å².